The standard InChI is InChI=1S/C14H18O18S10/c1-27-37(15,16)9-7(11(39(19,20)29-3)33-13(9)41(23,24)31-5)35-36-8-10(38(17,18)28-2)14(42(25,26)32-6)34-12(8)40(21,22)30-4/h1-6H3. The first-order valence-corrected chi connectivity index (χ1v) is 21.8. The molecular weight excluding hydrogens is 777 g/mol. The molecular formula is C14H18O18S10. The lowest BCUT2D eigenvalue weighted by Crippen LogP contribution is -2.11. The molecule has 0 amide bonds. The lowest BCUT2D eigenvalue weighted by atomic mass is 10.6. The molecule has 0 spiro atoms. The predicted molar refractivity (Wildman–Crippen MR) is 146 cm³/mol. The average Bonchev–Trinajstić information content (AvgIpc) is 3.54. The molecule has 2 aromatic rings. The van der Waals surface area contributed by atoms with Crippen LogP contribution in [0, 0.1) is 0 Å². The second-order valence-corrected chi connectivity index (χ2v) is 21.7. The molecule has 0 bridgehead atoms. The molecule has 0 aliphatic carbocycles. The van der Waals surface area contributed by atoms with Crippen molar-refractivity contribution in [2.24, 2.45) is 0 Å². The maximum atomic E-state index is 12.8. The Morgan fingerprint density at radius 3 is 0.810 bits per heavy atom. The summed E-state index contributed by atoms with van der Waals surface area (Å²) in [6.45, 7) is 0. The van der Waals surface area contributed by atoms with E-state index in [0.717, 1.165) is 0 Å². The van der Waals surface area contributed by atoms with Gasteiger partial charge in [0.25, 0.3) is 20.2 Å². The Morgan fingerprint density at radius 2 is 0.595 bits per heavy atom. The van der Waals surface area contributed by atoms with Crippen LogP contribution in [0.1, 0.15) is 0 Å². The summed E-state index contributed by atoms with van der Waals surface area (Å²) in [7, 11) is -26.3. The minimum atomic E-state index is -5.12. The Bertz CT molecular complexity index is 1860. The molecule has 0 aliphatic rings. The van der Waals surface area contributed by atoms with Crippen LogP contribution in [0.4, 0.5) is 0 Å². The third-order valence-corrected chi connectivity index (χ3v) is 20.3. The second-order valence-electron chi connectivity index (χ2n) is 6.56. The molecule has 0 aromatic carbocycles. The quantitative estimate of drug-likeness (QED) is 0.177. The van der Waals surface area contributed by atoms with Gasteiger partial charge < -0.3 is 0 Å². The van der Waals surface area contributed by atoms with E-state index in [2.05, 4.69) is 25.1 Å². The van der Waals surface area contributed by atoms with Gasteiger partial charge in [-0.1, -0.05) is 0 Å². The summed E-state index contributed by atoms with van der Waals surface area (Å²) in [6.07, 6.45) is 0. The fourth-order valence-electron chi connectivity index (χ4n) is 2.51. The van der Waals surface area contributed by atoms with Crippen molar-refractivity contribution in [2.45, 2.75) is 36.4 Å². The van der Waals surface area contributed by atoms with Crippen LogP contribution in [0.5, 0.6) is 0 Å². The molecule has 2 aromatic heterocycles. The van der Waals surface area contributed by atoms with Crippen LogP contribution in [-0.4, -0.2) is 93.2 Å². The molecule has 0 saturated heterocycles. The predicted octanol–water partition coefficient (Wildman–Crippen LogP) is 0.620. The van der Waals surface area contributed by atoms with E-state index >= 15 is 0 Å². The van der Waals surface area contributed by atoms with Crippen molar-refractivity contribution in [3.05, 3.63) is 0 Å². The molecule has 18 nitrogen and oxygen atoms in total. The first-order chi connectivity index (χ1) is 19.0. The number of hydrogen-bond acceptors (Lipinski definition) is 22. The zero-order valence-corrected chi connectivity index (χ0v) is 29.6. The maximum Gasteiger partial charge on any atom is 0.307 e. The van der Waals surface area contributed by atoms with Gasteiger partial charge in [-0.25, -0.2) is 0 Å². The molecule has 0 saturated carbocycles. The Kier molecular flexibility index (Phi) is 11.8. The van der Waals surface area contributed by atoms with Gasteiger partial charge in [-0.05, 0) is 21.6 Å². The number of hydrogen-bond donors (Lipinski definition) is 0. The van der Waals surface area contributed by atoms with Crippen LogP contribution in [0.3, 0.4) is 0 Å². The van der Waals surface area contributed by atoms with E-state index in [1.54, 1.807) is 0 Å². The highest BCUT2D eigenvalue weighted by atomic mass is 33.1. The van der Waals surface area contributed by atoms with Gasteiger partial charge in [0.05, 0.1) is 52.4 Å². The summed E-state index contributed by atoms with van der Waals surface area (Å²) >= 11 is -0.301. The molecule has 0 aliphatic heterocycles. The van der Waals surface area contributed by atoms with Gasteiger partial charge >= 0.3 is 40.5 Å². The summed E-state index contributed by atoms with van der Waals surface area (Å²) in [5, 5.41) is 0. The number of rotatable bonds is 15. The van der Waals surface area contributed by atoms with Gasteiger partial charge in [0.15, 0.2) is 16.8 Å². The highest BCUT2D eigenvalue weighted by Gasteiger charge is 2.43. The molecule has 0 fully saturated rings. The molecule has 0 atom stereocenters. The van der Waals surface area contributed by atoms with E-state index in [9.17, 15) is 50.5 Å². The zero-order valence-electron chi connectivity index (χ0n) is 21.4. The molecule has 2 rings (SSSR count). The lowest BCUT2D eigenvalue weighted by Gasteiger charge is -2.10. The molecule has 42 heavy (non-hydrogen) atoms. The minimum Gasteiger partial charge on any atom is -0.270 e. The van der Waals surface area contributed by atoms with Crippen LogP contribution in [-0.2, 0) is 85.8 Å². The summed E-state index contributed by atoms with van der Waals surface area (Å²) in [5.74, 6) is 0. The highest BCUT2D eigenvalue weighted by Crippen LogP contribution is 2.55. The van der Waals surface area contributed by atoms with Crippen LogP contribution in [0.15, 0.2) is 36.4 Å². The van der Waals surface area contributed by atoms with Crippen molar-refractivity contribution in [3.63, 3.8) is 0 Å². The molecule has 2 heterocycles. The third kappa shape index (κ3) is 7.17. The fraction of sp³-hybridized carbons (Fsp3) is 0.429. The van der Waals surface area contributed by atoms with Gasteiger partial charge in [0, 0.05) is 0 Å². The van der Waals surface area contributed by atoms with Gasteiger partial charge in [0.1, 0.15) is 9.79 Å². The lowest BCUT2D eigenvalue weighted by molar-refractivity contribution is 0.385. The largest absolute Gasteiger partial charge is 0.307 e. The van der Waals surface area contributed by atoms with Gasteiger partial charge in [-0.15, -0.1) is 22.7 Å². The first-order valence-electron chi connectivity index (χ1n) is 9.57. The highest BCUT2D eigenvalue weighted by molar-refractivity contribution is 8.76. The van der Waals surface area contributed by atoms with Gasteiger partial charge in [0.2, 0.25) is 0 Å². The van der Waals surface area contributed by atoms with Crippen LogP contribution >= 0.6 is 44.3 Å². The molecule has 0 N–H and O–H groups in total. The Balaban J connectivity index is 3.15. The monoisotopic (exact) mass is 794 g/mol. The van der Waals surface area contributed by atoms with Crippen molar-refractivity contribution in [1.82, 2.24) is 0 Å². The third-order valence-electron chi connectivity index (χ3n) is 4.46. The first kappa shape index (κ1) is 37.7. The van der Waals surface area contributed by atoms with Crippen molar-refractivity contribution < 1.29 is 75.6 Å². The SMILES string of the molecule is COS(=O)(=O)c1sc(S(=O)(=O)OC)c(S(=O)(=O)OC)c1SSc1c(S(=O)(=O)OC)sc(S(=O)(=O)OC)c1S(=O)(=O)OC. The number of thiophene rings is 2. The second kappa shape index (κ2) is 13.1. The Morgan fingerprint density at radius 1 is 0.381 bits per heavy atom. The van der Waals surface area contributed by atoms with E-state index in [-0.39, 0.29) is 44.3 Å². The van der Waals surface area contributed by atoms with Crippen molar-refractivity contribution in [1.29, 1.82) is 0 Å². The van der Waals surface area contributed by atoms with Gasteiger partial charge in [-0.3, -0.25) is 25.1 Å². The average molecular weight is 795 g/mol. The summed E-state index contributed by atoms with van der Waals surface area (Å²) in [6, 6.07) is 0. The van der Waals surface area contributed by atoms with E-state index in [1.165, 1.54) is 0 Å². The molecule has 28 heteroatoms. The topological polar surface area (TPSA) is 260 Å². The Labute approximate surface area is 257 Å². The molecule has 0 unspecified atom stereocenters. The van der Waals surface area contributed by atoms with E-state index in [1.807, 2.05) is 0 Å². The summed E-state index contributed by atoms with van der Waals surface area (Å²) < 4.78 is 174. The zero-order chi connectivity index (χ0) is 32.7. The van der Waals surface area contributed by atoms with Crippen LogP contribution in [0.2, 0.25) is 0 Å². The van der Waals surface area contributed by atoms with Crippen molar-refractivity contribution in [2.75, 3.05) is 42.7 Å². The summed E-state index contributed by atoms with van der Waals surface area (Å²) in [4.78, 5) is -4.52. The maximum absolute atomic E-state index is 12.8. The normalized spacial score (nSPS) is 14.0. The van der Waals surface area contributed by atoms with Crippen molar-refractivity contribution in [3.8, 4) is 0 Å². The van der Waals surface area contributed by atoms with Crippen molar-refractivity contribution >= 4 is 105 Å². The molecule has 242 valence electrons. The van der Waals surface area contributed by atoms with Crippen LogP contribution < -0.4 is 0 Å². The van der Waals surface area contributed by atoms with Gasteiger partial charge in [-0.2, -0.15) is 50.5 Å². The van der Waals surface area contributed by atoms with E-state index in [0.29, 0.717) is 42.7 Å². The van der Waals surface area contributed by atoms with E-state index < -0.39 is 97.1 Å². The Hall–Kier alpha value is -0.440. The smallest absolute Gasteiger partial charge is 0.270 e. The summed E-state index contributed by atoms with van der Waals surface area (Å²) in [5.41, 5.74) is 0. The minimum absolute atomic E-state index is 0.00845. The van der Waals surface area contributed by atoms with Crippen LogP contribution in [0.25, 0.3) is 0 Å². The molecule has 0 radical (unpaired) electrons. The fourth-order valence-corrected chi connectivity index (χ4v) is 18.7. The van der Waals surface area contributed by atoms with E-state index in [4.69, 9.17) is 0 Å².